The van der Waals surface area contributed by atoms with E-state index in [1.165, 1.54) is 5.56 Å². The molecule has 0 amide bonds. The quantitative estimate of drug-likeness (QED) is 0.597. The van der Waals surface area contributed by atoms with Crippen LogP contribution in [-0.4, -0.2) is 19.0 Å². The lowest BCUT2D eigenvalue weighted by Gasteiger charge is -2.34. The predicted octanol–water partition coefficient (Wildman–Crippen LogP) is 5.51. The molecule has 1 aliphatic carbocycles. The first kappa shape index (κ1) is 18.1. The second-order valence-electron chi connectivity index (χ2n) is 8.11. The van der Waals surface area contributed by atoms with Crippen LogP contribution in [0.4, 0.5) is 0 Å². The minimum atomic E-state index is -0.620. The Kier molecular flexibility index (Phi) is 4.65. The second-order valence-corrected chi connectivity index (χ2v) is 8.11. The van der Waals surface area contributed by atoms with Crippen molar-refractivity contribution in [1.29, 1.82) is 0 Å². The number of Topliss-reactive ketones (excluding diaryl/α,β-unsaturated/α-hetero) is 1. The maximum Gasteiger partial charge on any atom is 0.151 e. The zero-order valence-electron chi connectivity index (χ0n) is 16.3. The largest absolute Gasteiger partial charge is 0.379 e. The number of benzene rings is 3. The van der Waals surface area contributed by atoms with E-state index in [2.05, 4.69) is 78.9 Å². The number of carbonyl (C=O) groups excluding carboxylic acids is 1. The molecule has 0 aromatic heterocycles. The molecule has 3 aromatic carbocycles. The van der Waals surface area contributed by atoms with Gasteiger partial charge in [-0.05, 0) is 28.7 Å². The fourth-order valence-electron chi connectivity index (χ4n) is 5.00. The van der Waals surface area contributed by atoms with Gasteiger partial charge in [0.1, 0.15) is 0 Å². The standard InChI is InChI=1S/C27H24O2/c28-26-23-16-25(22-14-8-3-9-15-22)27(26,19-29-18-23)17-24(20-10-4-1-5-11-20)21-12-6-2-7-13-21/h1-15,17,23,25H,16,18-19H2/t23-,25-,27+/m1/s1. The molecule has 2 fully saturated rings. The predicted molar refractivity (Wildman–Crippen MR) is 116 cm³/mol. The molecule has 2 bridgehead atoms. The molecule has 2 aliphatic rings. The van der Waals surface area contributed by atoms with Crippen molar-refractivity contribution in [2.75, 3.05) is 13.2 Å². The molecule has 0 radical (unpaired) electrons. The van der Waals surface area contributed by atoms with Crippen LogP contribution < -0.4 is 0 Å². The third-order valence-electron chi connectivity index (χ3n) is 6.40. The molecule has 3 atom stereocenters. The van der Waals surface area contributed by atoms with Gasteiger partial charge in [0, 0.05) is 11.8 Å². The van der Waals surface area contributed by atoms with Crippen LogP contribution in [-0.2, 0) is 9.53 Å². The number of rotatable bonds is 4. The van der Waals surface area contributed by atoms with Gasteiger partial charge in [-0.3, -0.25) is 4.79 Å². The van der Waals surface area contributed by atoms with Crippen molar-refractivity contribution >= 4 is 11.4 Å². The van der Waals surface area contributed by atoms with Crippen LogP contribution in [0.25, 0.3) is 5.57 Å². The van der Waals surface area contributed by atoms with Crippen molar-refractivity contribution in [2.24, 2.45) is 11.3 Å². The van der Waals surface area contributed by atoms with Crippen LogP contribution in [0, 0.1) is 11.3 Å². The molecule has 144 valence electrons. The third kappa shape index (κ3) is 3.14. The van der Waals surface area contributed by atoms with Crippen molar-refractivity contribution in [2.45, 2.75) is 12.3 Å². The molecule has 1 saturated heterocycles. The average molecular weight is 380 g/mol. The van der Waals surface area contributed by atoms with E-state index in [1.54, 1.807) is 0 Å². The first-order valence-corrected chi connectivity index (χ1v) is 10.3. The number of hydrogen-bond donors (Lipinski definition) is 0. The highest BCUT2D eigenvalue weighted by molar-refractivity contribution is 5.96. The van der Waals surface area contributed by atoms with Crippen LogP contribution in [0.5, 0.6) is 0 Å². The van der Waals surface area contributed by atoms with E-state index < -0.39 is 5.41 Å². The minimum absolute atomic E-state index is 0.0157. The molecule has 2 nitrogen and oxygen atoms in total. The highest BCUT2D eigenvalue weighted by Crippen LogP contribution is 2.54. The summed E-state index contributed by atoms with van der Waals surface area (Å²) in [5.74, 6) is 0.464. The van der Waals surface area contributed by atoms with Crippen LogP contribution in [0.1, 0.15) is 29.0 Å². The van der Waals surface area contributed by atoms with Gasteiger partial charge in [0.2, 0.25) is 0 Å². The Bertz CT molecular complexity index is 982. The molecule has 5 rings (SSSR count). The number of fused-ring (bicyclic) bond motifs is 2. The highest BCUT2D eigenvalue weighted by atomic mass is 16.5. The van der Waals surface area contributed by atoms with E-state index in [0.717, 1.165) is 23.1 Å². The number of ether oxygens (including phenoxy) is 1. The summed E-state index contributed by atoms with van der Waals surface area (Å²) in [6.45, 7) is 0.995. The van der Waals surface area contributed by atoms with Crippen molar-refractivity contribution in [1.82, 2.24) is 0 Å². The molecule has 0 N–H and O–H groups in total. The lowest BCUT2D eigenvalue weighted by Crippen LogP contribution is -2.41. The van der Waals surface area contributed by atoms with Crippen LogP contribution in [0.2, 0.25) is 0 Å². The first-order valence-electron chi connectivity index (χ1n) is 10.3. The molecule has 1 heterocycles. The number of carbonyl (C=O) groups is 1. The molecule has 1 aliphatic heterocycles. The lowest BCUT2D eigenvalue weighted by molar-refractivity contribution is -0.137. The summed E-state index contributed by atoms with van der Waals surface area (Å²) in [6, 6.07) is 31.2. The van der Waals surface area contributed by atoms with Crippen LogP contribution in [0.15, 0.2) is 97.1 Å². The maximum atomic E-state index is 13.6. The molecular weight excluding hydrogens is 356 g/mol. The van der Waals surface area contributed by atoms with Gasteiger partial charge in [0.15, 0.2) is 5.78 Å². The number of hydrogen-bond acceptors (Lipinski definition) is 2. The van der Waals surface area contributed by atoms with Crippen molar-refractivity contribution in [3.05, 3.63) is 114 Å². The van der Waals surface area contributed by atoms with Crippen molar-refractivity contribution in [3.8, 4) is 0 Å². The Morgan fingerprint density at radius 3 is 1.97 bits per heavy atom. The Morgan fingerprint density at radius 1 is 0.828 bits per heavy atom. The van der Waals surface area contributed by atoms with Gasteiger partial charge in [0.05, 0.1) is 18.6 Å². The van der Waals surface area contributed by atoms with Crippen LogP contribution >= 0.6 is 0 Å². The molecule has 0 unspecified atom stereocenters. The fourth-order valence-corrected chi connectivity index (χ4v) is 5.00. The van der Waals surface area contributed by atoms with E-state index >= 15 is 0 Å². The van der Waals surface area contributed by atoms with Crippen molar-refractivity contribution < 1.29 is 9.53 Å². The van der Waals surface area contributed by atoms with Gasteiger partial charge in [0.25, 0.3) is 0 Å². The molecule has 2 heteroatoms. The Labute approximate surface area is 171 Å². The van der Waals surface area contributed by atoms with E-state index in [-0.39, 0.29) is 11.8 Å². The summed E-state index contributed by atoms with van der Waals surface area (Å²) < 4.78 is 5.99. The van der Waals surface area contributed by atoms with E-state index in [0.29, 0.717) is 19.0 Å². The van der Waals surface area contributed by atoms with Crippen LogP contribution in [0.3, 0.4) is 0 Å². The molecule has 29 heavy (non-hydrogen) atoms. The summed E-state index contributed by atoms with van der Waals surface area (Å²) in [7, 11) is 0. The highest BCUT2D eigenvalue weighted by Gasteiger charge is 2.56. The minimum Gasteiger partial charge on any atom is -0.379 e. The molecular formula is C27H24O2. The summed E-state index contributed by atoms with van der Waals surface area (Å²) in [5.41, 5.74) is 3.96. The molecule has 3 aromatic rings. The molecule has 1 saturated carbocycles. The monoisotopic (exact) mass is 380 g/mol. The summed E-state index contributed by atoms with van der Waals surface area (Å²) in [5, 5.41) is 0. The van der Waals surface area contributed by atoms with Crippen molar-refractivity contribution in [3.63, 3.8) is 0 Å². The van der Waals surface area contributed by atoms with E-state index in [1.807, 2.05) is 18.2 Å². The van der Waals surface area contributed by atoms with Gasteiger partial charge < -0.3 is 4.74 Å². The summed E-state index contributed by atoms with van der Waals surface area (Å²) in [6.07, 6.45) is 3.08. The van der Waals surface area contributed by atoms with E-state index in [9.17, 15) is 4.79 Å². The number of ketones is 1. The zero-order chi connectivity index (χ0) is 19.7. The lowest BCUT2D eigenvalue weighted by atomic mass is 9.71. The zero-order valence-corrected chi connectivity index (χ0v) is 16.3. The van der Waals surface area contributed by atoms with E-state index in [4.69, 9.17) is 4.74 Å². The summed E-state index contributed by atoms with van der Waals surface area (Å²) in [4.78, 5) is 13.6. The second kappa shape index (κ2) is 7.46. The third-order valence-corrected chi connectivity index (χ3v) is 6.40. The smallest absolute Gasteiger partial charge is 0.151 e. The molecule has 0 spiro atoms. The maximum absolute atomic E-state index is 13.6. The van der Waals surface area contributed by atoms with Gasteiger partial charge in [-0.15, -0.1) is 0 Å². The SMILES string of the molecule is O=C1[C@H]2COC[C@@]1(C=C(c1ccccc1)c1ccccc1)[C@@H](c1ccccc1)C2. The topological polar surface area (TPSA) is 26.3 Å². The average Bonchev–Trinajstić information content (AvgIpc) is 2.93. The summed E-state index contributed by atoms with van der Waals surface area (Å²) >= 11 is 0. The van der Waals surface area contributed by atoms with Gasteiger partial charge in [-0.25, -0.2) is 0 Å². The normalized spacial score (nSPS) is 25.6. The fraction of sp³-hybridized carbons (Fsp3) is 0.222. The van der Waals surface area contributed by atoms with Gasteiger partial charge in [-0.2, -0.15) is 0 Å². The van der Waals surface area contributed by atoms with Gasteiger partial charge in [-0.1, -0.05) is 97.1 Å². The Morgan fingerprint density at radius 2 is 1.38 bits per heavy atom. The Hall–Kier alpha value is -2.97. The Balaban J connectivity index is 1.70. The van der Waals surface area contributed by atoms with Gasteiger partial charge >= 0.3 is 0 Å². The first-order chi connectivity index (χ1) is 14.3.